The third-order valence-corrected chi connectivity index (χ3v) is 4.32. The van der Waals surface area contributed by atoms with Gasteiger partial charge in [-0.25, -0.2) is 4.39 Å². The number of aliphatic hydroxyl groups is 1. The normalized spacial score (nSPS) is 17.3. The Morgan fingerprint density at radius 2 is 2.00 bits per heavy atom. The van der Waals surface area contributed by atoms with Crippen LogP contribution in [0.4, 0.5) is 10.1 Å². The van der Waals surface area contributed by atoms with Crippen LogP contribution in [0.5, 0.6) is 0 Å². The summed E-state index contributed by atoms with van der Waals surface area (Å²) in [4.78, 5) is 30.1. The van der Waals surface area contributed by atoms with Crippen LogP contribution in [-0.2, 0) is 9.59 Å². The van der Waals surface area contributed by atoms with Gasteiger partial charge in [0.2, 0.25) is 0 Å². The highest BCUT2D eigenvalue weighted by atomic mass is 35.5. The summed E-state index contributed by atoms with van der Waals surface area (Å²) in [6.45, 7) is 1.65. The van der Waals surface area contributed by atoms with Crippen LogP contribution >= 0.6 is 11.6 Å². The zero-order valence-electron chi connectivity index (χ0n) is 13.2. The van der Waals surface area contributed by atoms with E-state index in [2.05, 4.69) is 4.98 Å². The van der Waals surface area contributed by atoms with Gasteiger partial charge in [-0.1, -0.05) is 18.5 Å². The molecular formula is C18H14ClFN2O3. The van der Waals surface area contributed by atoms with Crippen LogP contribution < -0.4 is 4.90 Å². The fraction of sp³-hybridized carbons (Fsp3) is 0.167. The molecule has 5 nitrogen and oxygen atoms in total. The van der Waals surface area contributed by atoms with Gasteiger partial charge in [0.05, 0.1) is 16.6 Å². The van der Waals surface area contributed by atoms with E-state index in [1.54, 1.807) is 19.1 Å². The van der Waals surface area contributed by atoms with Gasteiger partial charge in [0.1, 0.15) is 5.82 Å². The summed E-state index contributed by atoms with van der Waals surface area (Å²) in [7, 11) is 0. The molecule has 1 aromatic heterocycles. The second kappa shape index (κ2) is 6.64. The van der Waals surface area contributed by atoms with E-state index in [0.29, 0.717) is 5.56 Å². The number of amides is 1. The number of pyridine rings is 1. The van der Waals surface area contributed by atoms with E-state index in [0.717, 1.165) is 6.07 Å². The predicted octanol–water partition coefficient (Wildman–Crippen LogP) is 3.75. The monoisotopic (exact) mass is 360 g/mol. The van der Waals surface area contributed by atoms with Gasteiger partial charge in [0.25, 0.3) is 5.91 Å². The van der Waals surface area contributed by atoms with Crippen LogP contribution in [0.1, 0.15) is 24.9 Å². The number of rotatable bonds is 4. The number of ketones is 1. The van der Waals surface area contributed by atoms with E-state index in [9.17, 15) is 19.1 Å². The van der Waals surface area contributed by atoms with Crippen LogP contribution in [0.2, 0.25) is 5.02 Å². The molecule has 2 heterocycles. The Hall–Kier alpha value is -2.73. The molecule has 1 amide bonds. The molecule has 1 N–H and O–H groups in total. The number of aromatic nitrogens is 1. The molecule has 0 saturated heterocycles. The van der Waals surface area contributed by atoms with E-state index < -0.39 is 23.5 Å². The second-order valence-electron chi connectivity index (χ2n) is 5.50. The average molecular weight is 361 g/mol. The molecule has 1 atom stereocenters. The van der Waals surface area contributed by atoms with Crippen molar-refractivity contribution in [1.82, 2.24) is 4.98 Å². The van der Waals surface area contributed by atoms with Crippen LogP contribution in [0.15, 0.2) is 54.1 Å². The topological polar surface area (TPSA) is 70.5 Å². The first kappa shape index (κ1) is 17.1. The smallest absolute Gasteiger partial charge is 0.294 e. The number of halogens is 2. The van der Waals surface area contributed by atoms with E-state index in [4.69, 9.17) is 11.6 Å². The van der Waals surface area contributed by atoms with Crippen molar-refractivity contribution < 1.29 is 19.1 Å². The van der Waals surface area contributed by atoms with E-state index >= 15 is 0 Å². The maximum Gasteiger partial charge on any atom is 0.294 e. The third-order valence-electron chi connectivity index (χ3n) is 4.03. The van der Waals surface area contributed by atoms with Crippen molar-refractivity contribution in [1.29, 1.82) is 0 Å². The summed E-state index contributed by atoms with van der Waals surface area (Å²) in [6.07, 6.45) is 3.18. The average Bonchev–Trinajstić information content (AvgIpc) is 2.89. The molecule has 0 bridgehead atoms. The van der Waals surface area contributed by atoms with Crippen molar-refractivity contribution in [2.75, 3.05) is 4.90 Å². The van der Waals surface area contributed by atoms with Crippen molar-refractivity contribution in [3.05, 3.63) is 70.5 Å². The Morgan fingerprint density at radius 3 is 2.60 bits per heavy atom. The van der Waals surface area contributed by atoms with Gasteiger partial charge in [-0.05, 0) is 35.9 Å². The number of benzene rings is 1. The largest absolute Gasteiger partial charge is 0.503 e. The minimum absolute atomic E-state index is 0.0131. The summed E-state index contributed by atoms with van der Waals surface area (Å²) >= 11 is 5.83. The second-order valence-corrected chi connectivity index (χ2v) is 5.90. The fourth-order valence-corrected chi connectivity index (χ4v) is 3.02. The molecule has 25 heavy (non-hydrogen) atoms. The van der Waals surface area contributed by atoms with E-state index in [-0.39, 0.29) is 28.5 Å². The Kier molecular flexibility index (Phi) is 4.55. The lowest BCUT2D eigenvalue weighted by atomic mass is 9.95. The summed E-state index contributed by atoms with van der Waals surface area (Å²) < 4.78 is 13.5. The Bertz CT molecular complexity index is 883. The summed E-state index contributed by atoms with van der Waals surface area (Å²) in [5.41, 5.74) is 0.896. The number of hydrogen-bond donors (Lipinski definition) is 1. The zero-order valence-corrected chi connectivity index (χ0v) is 14.0. The molecule has 2 aromatic rings. The van der Waals surface area contributed by atoms with Gasteiger partial charge < -0.3 is 5.11 Å². The quantitative estimate of drug-likeness (QED) is 0.901. The molecule has 7 heteroatoms. The molecular weight excluding hydrogens is 347 g/mol. The molecule has 0 spiro atoms. The number of nitrogens with zero attached hydrogens (tertiary/aromatic N) is 2. The van der Waals surface area contributed by atoms with Gasteiger partial charge in [-0.3, -0.25) is 19.5 Å². The van der Waals surface area contributed by atoms with Gasteiger partial charge in [0, 0.05) is 24.5 Å². The van der Waals surface area contributed by atoms with Crippen molar-refractivity contribution >= 4 is 29.0 Å². The minimum atomic E-state index is -0.829. The molecule has 0 saturated carbocycles. The maximum atomic E-state index is 13.5. The van der Waals surface area contributed by atoms with Crippen LogP contribution in [0.25, 0.3) is 0 Å². The Balaban J connectivity index is 2.18. The molecule has 0 aliphatic carbocycles. The van der Waals surface area contributed by atoms with Crippen LogP contribution in [0.3, 0.4) is 0 Å². The molecule has 1 aromatic carbocycles. The van der Waals surface area contributed by atoms with Crippen molar-refractivity contribution in [2.45, 2.75) is 19.4 Å². The predicted molar refractivity (Wildman–Crippen MR) is 90.8 cm³/mol. The zero-order chi connectivity index (χ0) is 18.1. The molecule has 1 unspecified atom stereocenters. The number of carbonyl (C=O) groups excluding carboxylic acids is 2. The number of carbonyl (C=O) groups is 2. The maximum absolute atomic E-state index is 13.5. The summed E-state index contributed by atoms with van der Waals surface area (Å²) in [5.74, 6) is -2.31. The van der Waals surface area contributed by atoms with Crippen molar-refractivity contribution in [3.8, 4) is 0 Å². The highest BCUT2D eigenvalue weighted by Crippen LogP contribution is 2.41. The van der Waals surface area contributed by atoms with Gasteiger partial charge in [-0.15, -0.1) is 0 Å². The highest BCUT2D eigenvalue weighted by Gasteiger charge is 2.43. The Morgan fingerprint density at radius 1 is 1.32 bits per heavy atom. The van der Waals surface area contributed by atoms with Crippen LogP contribution in [0, 0.1) is 5.82 Å². The first-order chi connectivity index (χ1) is 12.0. The number of aliphatic hydroxyl groups excluding tert-OH is 1. The number of hydrogen-bond acceptors (Lipinski definition) is 4. The number of Topliss-reactive ketones (excluding diaryl/α,β-unsaturated/α-hetero) is 1. The van der Waals surface area contributed by atoms with E-state index in [1.807, 2.05) is 0 Å². The van der Waals surface area contributed by atoms with Gasteiger partial charge in [0.15, 0.2) is 11.5 Å². The van der Waals surface area contributed by atoms with E-state index in [1.165, 1.54) is 29.4 Å². The lowest BCUT2D eigenvalue weighted by molar-refractivity contribution is -0.118. The number of anilines is 1. The minimum Gasteiger partial charge on any atom is -0.503 e. The lowest BCUT2D eigenvalue weighted by Gasteiger charge is -2.27. The Labute approximate surface area is 148 Å². The summed E-state index contributed by atoms with van der Waals surface area (Å²) in [5, 5.41) is 10.1. The SMILES string of the molecule is CCC(=O)C1=C(O)C(=O)N(c2ccc(F)c(Cl)c2)C1c1ccncc1. The van der Waals surface area contributed by atoms with Gasteiger partial charge in [-0.2, -0.15) is 0 Å². The molecule has 0 radical (unpaired) electrons. The highest BCUT2D eigenvalue weighted by molar-refractivity contribution is 6.31. The van der Waals surface area contributed by atoms with Gasteiger partial charge >= 0.3 is 0 Å². The standard InChI is InChI=1S/C18H14ClFN2O3/c1-2-14(23)15-16(10-5-7-21-8-6-10)22(18(25)17(15)24)11-3-4-13(20)12(19)9-11/h3-9,16,24H,2H2,1H3. The molecule has 3 rings (SSSR count). The molecule has 0 fully saturated rings. The third kappa shape index (κ3) is 2.89. The summed E-state index contributed by atoms with van der Waals surface area (Å²) in [6, 6.07) is 6.26. The first-order valence-corrected chi connectivity index (χ1v) is 7.98. The lowest BCUT2D eigenvalue weighted by Crippen LogP contribution is -2.31. The first-order valence-electron chi connectivity index (χ1n) is 7.60. The molecule has 1 aliphatic rings. The van der Waals surface area contributed by atoms with Crippen LogP contribution in [-0.4, -0.2) is 21.8 Å². The fourth-order valence-electron chi connectivity index (χ4n) is 2.84. The molecule has 128 valence electrons. The molecule has 1 aliphatic heterocycles. The van der Waals surface area contributed by atoms with Crippen molar-refractivity contribution in [3.63, 3.8) is 0 Å². The van der Waals surface area contributed by atoms with Crippen molar-refractivity contribution in [2.24, 2.45) is 0 Å².